The van der Waals surface area contributed by atoms with Crippen LogP contribution in [0.5, 0.6) is 0 Å². The second kappa shape index (κ2) is 8.44. The summed E-state index contributed by atoms with van der Waals surface area (Å²) >= 11 is 5.90. The summed E-state index contributed by atoms with van der Waals surface area (Å²) in [5, 5.41) is 6.37. The number of hydrogen-bond acceptors (Lipinski definition) is 2. The summed E-state index contributed by atoms with van der Waals surface area (Å²) in [7, 11) is 2.05. The molecule has 0 fully saturated rings. The molecule has 0 spiro atoms. The highest BCUT2D eigenvalue weighted by Gasteiger charge is 2.05. The zero-order chi connectivity index (χ0) is 16.7. The van der Waals surface area contributed by atoms with Gasteiger partial charge in [-0.15, -0.1) is 0 Å². The molecule has 0 atom stereocenters. The Morgan fingerprint density at radius 1 is 1.17 bits per heavy atom. The van der Waals surface area contributed by atoms with Gasteiger partial charge in [0.15, 0.2) is 0 Å². The van der Waals surface area contributed by atoms with Crippen molar-refractivity contribution in [2.45, 2.75) is 13.3 Å². The van der Waals surface area contributed by atoms with E-state index in [0.29, 0.717) is 11.6 Å². The maximum atomic E-state index is 11.9. The Labute approximate surface area is 142 Å². The van der Waals surface area contributed by atoms with Gasteiger partial charge in [0.25, 0.3) is 0 Å². The third-order valence-electron chi connectivity index (χ3n) is 3.59. The molecule has 0 radical (unpaired) electrons. The number of aryl methyl sites for hydroxylation is 1. The van der Waals surface area contributed by atoms with Crippen LogP contribution in [0.2, 0.25) is 5.02 Å². The van der Waals surface area contributed by atoms with Gasteiger partial charge in [0, 0.05) is 36.5 Å². The minimum atomic E-state index is -0.196. The molecule has 0 saturated carbocycles. The normalized spacial score (nSPS) is 10.2. The summed E-state index contributed by atoms with van der Waals surface area (Å²) < 4.78 is 0. The van der Waals surface area contributed by atoms with E-state index in [4.69, 9.17) is 11.6 Å². The summed E-state index contributed by atoms with van der Waals surface area (Å²) in [5.74, 6) is 0. The van der Waals surface area contributed by atoms with Gasteiger partial charge in [0.1, 0.15) is 0 Å². The molecule has 0 aliphatic rings. The summed E-state index contributed by atoms with van der Waals surface area (Å²) in [6, 6.07) is 15.4. The molecule has 4 nitrogen and oxygen atoms in total. The quantitative estimate of drug-likeness (QED) is 0.775. The highest BCUT2D eigenvalue weighted by Crippen LogP contribution is 2.19. The van der Waals surface area contributed by atoms with Gasteiger partial charge in [-0.1, -0.05) is 29.8 Å². The van der Waals surface area contributed by atoms with Crippen molar-refractivity contribution in [3.05, 3.63) is 59.1 Å². The Morgan fingerprint density at radius 2 is 1.91 bits per heavy atom. The number of para-hydroxylation sites is 1. The number of urea groups is 1. The number of benzene rings is 2. The van der Waals surface area contributed by atoms with Crippen molar-refractivity contribution in [3.63, 3.8) is 0 Å². The van der Waals surface area contributed by atoms with Crippen molar-refractivity contribution in [1.82, 2.24) is 5.32 Å². The first kappa shape index (κ1) is 17.2. The van der Waals surface area contributed by atoms with Crippen molar-refractivity contribution in [2.24, 2.45) is 0 Å². The summed E-state index contributed by atoms with van der Waals surface area (Å²) in [6.45, 7) is 3.41. The SMILES string of the molecule is Cc1cc(Cl)ccc1NC(=O)NCCCN(C)c1ccccc1. The number of halogens is 1. The lowest BCUT2D eigenvalue weighted by atomic mass is 10.2. The number of nitrogens with one attached hydrogen (secondary N) is 2. The number of amides is 2. The van der Waals surface area contributed by atoms with Gasteiger partial charge in [-0.2, -0.15) is 0 Å². The molecule has 23 heavy (non-hydrogen) atoms. The van der Waals surface area contributed by atoms with E-state index in [1.54, 1.807) is 12.1 Å². The molecule has 5 heteroatoms. The largest absolute Gasteiger partial charge is 0.375 e. The molecule has 122 valence electrons. The molecule has 2 aromatic carbocycles. The van der Waals surface area contributed by atoms with Crippen LogP contribution in [0.3, 0.4) is 0 Å². The Kier molecular flexibility index (Phi) is 6.29. The molecule has 0 aliphatic heterocycles. The minimum Gasteiger partial charge on any atom is -0.375 e. The molecule has 0 bridgehead atoms. The summed E-state index contributed by atoms with van der Waals surface area (Å²) in [5.41, 5.74) is 2.89. The Morgan fingerprint density at radius 3 is 2.61 bits per heavy atom. The molecule has 2 amide bonds. The molecule has 0 aliphatic carbocycles. The summed E-state index contributed by atoms with van der Waals surface area (Å²) in [6.07, 6.45) is 0.873. The second-order valence-electron chi connectivity index (χ2n) is 5.45. The molecule has 0 aromatic heterocycles. The summed E-state index contributed by atoms with van der Waals surface area (Å²) in [4.78, 5) is 14.1. The zero-order valence-corrected chi connectivity index (χ0v) is 14.2. The van der Waals surface area contributed by atoms with E-state index in [-0.39, 0.29) is 6.03 Å². The van der Waals surface area contributed by atoms with Crippen LogP contribution >= 0.6 is 11.6 Å². The molecule has 0 unspecified atom stereocenters. The third kappa shape index (κ3) is 5.49. The van der Waals surface area contributed by atoms with E-state index in [2.05, 4.69) is 27.7 Å². The highest BCUT2D eigenvalue weighted by molar-refractivity contribution is 6.30. The van der Waals surface area contributed by atoms with Crippen molar-refractivity contribution in [3.8, 4) is 0 Å². The van der Waals surface area contributed by atoms with E-state index < -0.39 is 0 Å². The lowest BCUT2D eigenvalue weighted by Gasteiger charge is -2.19. The maximum absolute atomic E-state index is 11.9. The highest BCUT2D eigenvalue weighted by atomic mass is 35.5. The topological polar surface area (TPSA) is 44.4 Å². The van der Waals surface area contributed by atoms with Gasteiger partial charge in [-0.25, -0.2) is 4.79 Å². The van der Waals surface area contributed by atoms with Crippen LogP contribution in [0.15, 0.2) is 48.5 Å². The standard InChI is InChI=1S/C18H22ClN3O/c1-14-13-15(19)9-10-17(14)21-18(23)20-11-6-12-22(2)16-7-4-3-5-8-16/h3-5,7-10,13H,6,11-12H2,1-2H3,(H2,20,21,23). The van der Waals surface area contributed by atoms with Gasteiger partial charge in [-0.3, -0.25) is 0 Å². The van der Waals surface area contributed by atoms with Crippen molar-refractivity contribution in [1.29, 1.82) is 0 Å². The fraction of sp³-hybridized carbons (Fsp3) is 0.278. The van der Waals surface area contributed by atoms with Crippen LogP contribution in [-0.2, 0) is 0 Å². The van der Waals surface area contributed by atoms with Crippen LogP contribution in [0.1, 0.15) is 12.0 Å². The average Bonchev–Trinajstić information content (AvgIpc) is 2.55. The monoisotopic (exact) mass is 331 g/mol. The number of nitrogens with zero attached hydrogens (tertiary/aromatic N) is 1. The number of carbonyl (C=O) groups is 1. The van der Waals surface area contributed by atoms with E-state index in [1.165, 1.54) is 5.69 Å². The molecule has 2 rings (SSSR count). The van der Waals surface area contributed by atoms with Crippen LogP contribution in [-0.4, -0.2) is 26.2 Å². The van der Waals surface area contributed by atoms with Crippen LogP contribution < -0.4 is 15.5 Å². The molecule has 0 saturated heterocycles. The van der Waals surface area contributed by atoms with Crippen LogP contribution in [0, 0.1) is 6.92 Å². The maximum Gasteiger partial charge on any atom is 0.319 e. The van der Waals surface area contributed by atoms with Gasteiger partial charge >= 0.3 is 6.03 Å². The fourth-order valence-corrected chi connectivity index (χ4v) is 2.49. The van der Waals surface area contributed by atoms with Gasteiger partial charge < -0.3 is 15.5 Å². The second-order valence-corrected chi connectivity index (χ2v) is 5.89. The molecule has 0 heterocycles. The van der Waals surface area contributed by atoms with Crippen LogP contribution in [0.25, 0.3) is 0 Å². The molecule has 2 N–H and O–H groups in total. The molecular formula is C18H22ClN3O. The van der Waals surface area contributed by atoms with Crippen molar-refractivity contribution < 1.29 is 4.79 Å². The predicted molar refractivity (Wildman–Crippen MR) is 97.5 cm³/mol. The predicted octanol–water partition coefficient (Wildman–Crippen LogP) is 4.30. The first-order valence-electron chi connectivity index (χ1n) is 7.63. The number of hydrogen-bond donors (Lipinski definition) is 2. The Balaban J connectivity index is 1.71. The molecular weight excluding hydrogens is 310 g/mol. The lowest BCUT2D eigenvalue weighted by Crippen LogP contribution is -2.31. The van der Waals surface area contributed by atoms with Crippen LogP contribution in [0.4, 0.5) is 16.2 Å². The first-order valence-corrected chi connectivity index (χ1v) is 8.01. The smallest absolute Gasteiger partial charge is 0.319 e. The first-order chi connectivity index (χ1) is 11.1. The third-order valence-corrected chi connectivity index (χ3v) is 3.82. The van der Waals surface area contributed by atoms with E-state index >= 15 is 0 Å². The lowest BCUT2D eigenvalue weighted by molar-refractivity contribution is 0.252. The van der Waals surface area contributed by atoms with E-state index in [0.717, 1.165) is 24.2 Å². The van der Waals surface area contributed by atoms with E-state index in [1.807, 2.05) is 38.2 Å². The zero-order valence-electron chi connectivity index (χ0n) is 13.5. The number of carbonyl (C=O) groups excluding carboxylic acids is 1. The van der Waals surface area contributed by atoms with Gasteiger partial charge in [-0.05, 0) is 49.2 Å². The van der Waals surface area contributed by atoms with Crippen molar-refractivity contribution >= 4 is 29.0 Å². The fourth-order valence-electron chi connectivity index (χ4n) is 2.26. The number of anilines is 2. The van der Waals surface area contributed by atoms with E-state index in [9.17, 15) is 4.79 Å². The Bertz CT molecular complexity index is 646. The average molecular weight is 332 g/mol. The Hall–Kier alpha value is -2.20. The van der Waals surface area contributed by atoms with Crippen molar-refractivity contribution in [2.75, 3.05) is 30.4 Å². The molecule has 2 aromatic rings. The van der Waals surface area contributed by atoms with Gasteiger partial charge in [0.05, 0.1) is 0 Å². The number of rotatable bonds is 6. The van der Waals surface area contributed by atoms with Gasteiger partial charge in [0.2, 0.25) is 0 Å². The minimum absolute atomic E-state index is 0.196.